The standard InChI is InChI=1S/C20H22N3O4/c1-21-12-23(2,3)11-16-15-6-4-14(10-13(15)5-7-17(16)21)20(26)27-22-18(24)8-9-19(22)25/h4-7,10H,8-9,11-12H2,1-3H3/q+1. The van der Waals surface area contributed by atoms with Crippen molar-refractivity contribution in [2.75, 3.05) is 32.7 Å². The number of nitrogens with zero attached hydrogens (tertiary/aromatic N) is 3. The fraction of sp³-hybridized carbons (Fsp3) is 0.350. The maximum absolute atomic E-state index is 12.4. The van der Waals surface area contributed by atoms with Crippen LogP contribution in [0.5, 0.6) is 0 Å². The summed E-state index contributed by atoms with van der Waals surface area (Å²) >= 11 is 0. The van der Waals surface area contributed by atoms with Gasteiger partial charge in [0, 0.05) is 25.5 Å². The zero-order chi connectivity index (χ0) is 19.3. The van der Waals surface area contributed by atoms with Crippen molar-refractivity contribution in [3.63, 3.8) is 0 Å². The van der Waals surface area contributed by atoms with Crippen LogP contribution in [0, 0.1) is 0 Å². The first-order chi connectivity index (χ1) is 12.7. The van der Waals surface area contributed by atoms with E-state index < -0.39 is 17.8 Å². The summed E-state index contributed by atoms with van der Waals surface area (Å²) in [4.78, 5) is 42.9. The van der Waals surface area contributed by atoms with Crippen LogP contribution in [-0.2, 0) is 21.0 Å². The molecule has 0 atom stereocenters. The Morgan fingerprint density at radius 3 is 2.48 bits per heavy atom. The van der Waals surface area contributed by atoms with Gasteiger partial charge in [-0.2, -0.15) is 0 Å². The van der Waals surface area contributed by atoms with Gasteiger partial charge in [0.1, 0.15) is 6.54 Å². The van der Waals surface area contributed by atoms with Crippen LogP contribution < -0.4 is 4.90 Å². The zero-order valence-electron chi connectivity index (χ0n) is 15.7. The molecule has 0 unspecified atom stereocenters. The summed E-state index contributed by atoms with van der Waals surface area (Å²) in [6.07, 6.45) is 0.162. The Kier molecular flexibility index (Phi) is 3.92. The minimum Gasteiger partial charge on any atom is -0.328 e. The summed E-state index contributed by atoms with van der Waals surface area (Å²) in [7, 11) is 6.46. The third kappa shape index (κ3) is 3.04. The van der Waals surface area contributed by atoms with Crippen LogP contribution in [0.4, 0.5) is 5.69 Å². The largest absolute Gasteiger partial charge is 0.363 e. The number of fused-ring (bicyclic) bond motifs is 3. The maximum Gasteiger partial charge on any atom is 0.363 e. The van der Waals surface area contributed by atoms with Gasteiger partial charge >= 0.3 is 5.97 Å². The molecule has 0 bridgehead atoms. The van der Waals surface area contributed by atoms with Crippen molar-refractivity contribution in [3.05, 3.63) is 41.5 Å². The number of hydrogen-bond acceptors (Lipinski definition) is 5. The van der Waals surface area contributed by atoms with Gasteiger partial charge in [-0.25, -0.2) is 4.79 Å². The lowest BCUT2D eigenvalue weighted by Crippen LogP contribution is -2.50. The summed E-state index contributed by atoms with van der Waals surface area (Å²) in [6, 6.07) is 9.40. The normalized spacial score (nSPS) is 18.8. The van der Waals surface area contributed by atoms with E-state index in [9.17, 15) is 14.4 Å². The monoisotopic (exact) mass is 368 g/mol. The number of rotatable bonds is 2. The van der Waals surface area contributed by atoms with E-state index in [-0.39, 0.29) is 12.8 Å². The number of carbonyl (C=O) groups excluding carboxylic acids is 3. The number of hydrogen-bond donors (Lipinski definition) is 0. The van der Waals surface area contributed by atoms with Gasteiger partial charge in [-0.3, -0.25) is 9.59 Å². The molecule has 4 rings (SSSR count). The van der Waals surface area contributed by atoms with Gasteiger partial charge in [0.2, 0.25) is 0 Å². The van der Waals surface area contributed by atoms with E-state index in [1.807, 2.05) is 12.1 Å². The molecular formula is C20H22N3O4+. The van der Waals surface area contributed by atoms with Gasteiger partial charge in [-0.15, -0.1) is 5.06 Å². The fourth-order valence-electron chi connectivity index (χ4n) is 3.96. The molecule has 7 nitrogen and oxygen atoms in total. The molecule has 0 saturated carbocycles. The van der Waals surface area contributed by atoms with Crippen LogP contribution in [0.2, 0.25) is 0 Å². The van der Waals surface area contributed by atoms with Crippen LogP contribution >= 0.6 is 0 Å². The molecule has 2 aliphatic rings. The second-order valence-corrected chi connectivity index (χ2v) is 7.89. The molecule has 2 aliphatic heterocycles. The van der Waals surface area contributed by atoms with Crippen LogP contribution in [-0.4, -0.2) is 55.1 Å². The number of quaternary nitrogens is 1. The van der Waals surface area contributed by atoms with Crippen molar-refractivity contribution in [1.82, 2.24) is 5.06 Å². The second-order valence-electron chi connectivity index (χ2n) is 7.89. The lowest BCUT2D eigenvalue weighted by Gasteiger charge is -2.40. The van der Waals surface area contributed by atoms with Crippen molar-refractivity contribution in [3.8, 4) is 0 Å². The van der Waals surface area contributed by atoms with Crippen molar-refractivity contribution in [1.29, 1.82) is 0 Å². The highest BCUT2D eigenvalue weighted by Crippen LogP contribution is 2.35. The van der Waals surface area contributed by atoms with Crippen LogP contribution in [0.15, 0.2) is 30.3 Å². The number of anilines is 1. The molecule has 2 heterocycles. The van der Waals surface area contributed by atoms with E-state index in [0.29, 0.717) is 10.6 Å². The molecule has 0 spiro atoms. The van der Waals surface area contributed by atoms with E-state index in [4.69, 9.17) is 4.84 Å². The van der Waals surface area contributed by atoms with E-state index >= 15 is 0 Å². The summed E-state index contributed by atoms with van der Waals surface area (Å²) in [5, 5.41) is 2.60. The van der Waals surface area contributed by atoms with Crippen molar-refractivity contribution >= 4 is 34.2 Å². The molecule has 27 heavy (non-hydrogen) atoms. The van der Waals surface area contributed by atoms with E-state index in [0.717, 1.165) is 28.5 Å². The average Bonchev–Trinajstić information content (AvgIpc) is 2.92. The van der Waals surface area contributed by atoms with Crippen LogP contribution in [0.3, 0.4) is 0 Å². The number of imide groups is 1. The van der Waals surface area contributed by atoms with Gasteiger partial charge in [-0.1, -0.05) is 12.1 Å². The average molecular weight is 368 g/mol. The number of benzene rings is 2. The zero-order valence-corrected chi connectivity index (χ0v) is 15.7. The molecule has 2 amide bonds. The van der Waals surface area contributed by atoms with Gasteiger partial charge in [-0.05, 0) is 29.0 Å². The first-order valence-electron chi connectivity index (χ1n) is 8.92. The highest BCUT2D eigenvalue weighted by molar-refractivity contribution is 6.03. The Bertz CT molecular complexity index is 967. The number of carbonyl (C=O) groups is 3. The van der Waals surface area contributed by atoms with Gasteiger partial charge in [0.05, 0.1) is 25.3 Å². The number of hydroxylamine groups is 2. The molecule has 0 radical (unpaired) electrons. The quantitative estimate of drug-likeness (QED) is 0.600. The SMILES string of the molecule is CN1C[N+](C)(C)Cc2c1ccc1cc(C(=O)ON3C(=O)CCC3=O)ccc21. The summed E-state index contributed by atoms with van der Waals surface area (Å²) in [6.45, 7) is 1.83. The van der Waals surface area contributed by atoms with Crippen LogP contribution in [0.25, 0.3) is 10.8 Å². The Morgan fingerprint density at radius 2 is 1.78 bits per heavy atom. The minimum absolute atomic E-state index is 0.0809. The highest BCUT2D eigenvalue weighted by Gasteiger charge is 2.33. The number of amides is 2. The Balaban J connectivity index is 1.67. The predicted octanol–water partition coefficient (Wildman–Crippen LogP) is 2.04. The Labute approximate surface area is 157 Å². The smallest absolute Gasteiger partial charge is 0.328 e. The Hall–Kier alpha value is -2.93. The molecule has 0 N–H and O–H groups in total. The predicted molar refractivity (Wildman–Crippen MR) is 99.5 cm³/mol. The maximum atomic E-state index is 12.4. The first-order valence-corrected chi connectivity index (χ1v) is 8.92. The topological polar surface area (TPSA) is 66.9 Å². The summed E-state index contributed by atoms with van der Waals surface area (Å²) in [5.41, 5.74) is 2.76. The van der Waals surface area contributed by atoms with Crippen molar-refractivity contribution in [2.45, 2.75) is 19.4 Å². The summed E-state index contributed by atoms with van der Waals surface area (Å²) in [5.74, 6) is -1.66. The minimum atomic E-state index is -0.702. The van der Waals surface area contributed by atoms with E-state index in [1.165, 1.54) is 11.3 Å². The lowest BCUT2D eigenvalue weighted by molar-refractivity contribution is -0.904. The van der Waals surface area contributed by atoms with Crippen molar-refractivity contribution < 1.29 is 23.7 Å². The summed E-state index contributed by atoms with van der Waals surface area (Å²) < 4.78 is 0.853. The van der Waals surface area contributed by atoms with Gasteiger partial charge < -0.3 is 14.2 Å². The molecule has 7 heteroatoms. The van der Waals surface area contributed by atoms with Crippen molar-refractivity contribution in [2.24, 2.45) is 0 Å². The highest BCUT2D eigenvalue weighted by atomic mass is 16.7. The molecule has 0 aliphatic carbocycles. The molecule has 140 valence electrons. The van der Waals surface area contributed by atoms with E-state index in [2.05, 4.69) is 32.1 Å². The third-order valence-corrected chi connectivity index (χ3v) is 5.11. The molecule has 1 fully saturated rings. The van der Waals surface area contributed by atoms with Crippen LogP contribution in [0.1, 0.15) is 28.8 Å². The molecule has 1 saturated heterocycles. The molecule has 2 aromatic carbocycles. The Morgan fingerprint density at radius 1 is 1.07 bits per heavy atom. The van der Waals surface area contributed by atoms with Gasteiger partial charge in [0.25, 0.3) is 11.8 Å². The van der Waals surface area contributed by atoms with Gasteiger partial charge in [0.15, 0.2) is 6.67 Å². The second kappa shape index (κ2) is 6.06. The fourth-order valence-corrected chi connectivity index (χ4v) is 3.96. The molecule has 2 aromatic rings. The molecular weight excluding hydrogens is 346 g/mol. The first kappa shape index (κ1) is 17.5. The van der Waals surface area contributed by atoms with E-state index in [1.54, 1.807) is 12.1 Å². The third-order valence-electron chi connectivity index (χ3n) is 5.11. The lowest BCUT2D eigenvalue weighted by atomic mass is 9.98. The molecule has 0 aromatic heterocycles.